The second kappa shape index (κ2) is 5.96. The zero-order valence-electron chi connectivity index (χ0n) is 6.57. The summed E-state index contributed by atoms with van der Waals surface area (Å²) in [5.41, 5.74) is 1.30. The lowest BCUT2D eigenvalue weighted by molar-refractivity contribution is 0.642. The van der Waals surface area contributed by atoms with E-state index >= 15 is 0 Å². The zero-order chi connectivity index (χ0) is 7.98. The highest BCUT2D eigenvalue weighted by molar-refractivity contribution is 14.1. The fraction of sp³-hybridized carbons (Fsp3) is 0.556. The quantitative estimate of drug-likeness (QED) is 0.397. The fourth-order valence-electron chi connectivity index (χ4n) is 0.774. The van der Waals surface area contributed by atoms with Crippen LogP contribution in [0.15, 0.2) is 24.8 Å². The van der Waals surface area contributed by atoms with Crippen LogP contribution in [0.1, 0.15) is 19.8 Å². The van der Waals surface area contributed by atoms with Crippen molar-refractivity contribution in [3.8, 4) is 0 Å². The molecule has 0 saturated heterocycles. The maximum Gasteiger partial charge on any atom is 0.00609 e. The predicted octanol–water partition coefficient (Wildman–Crippen LogP) is 3.58. The van der Waals surface area contributed by atoms with Crippen LogP contribution in [0.25, 0.3) is 0 Å². The van der Waals surface area contributed by atoms with E-state index in [2.05, 4.69) is 42.7 Å². The fourth-order valence-corrected chi connectivity index (χ4v) is 1.97. The molecule has 0 amide bonds. The maximum atomic E-state index is 3.94. The Morgan fingerprint density at radius 1 is 1.70 bits per heavy atom. The largest absolute Gasteiger partial charge is 0.103 e. The third-order valence-corrected chi connectivity index (χ3v) is 2.67. The Bertz CT molecular complexity index is 116. The molecule has 0 aromatic carbocycles. The molecular weight excluding hydrogens is 235 g/mol. The lowest BCUT2D eigenvalue weighted by atomic mass is 9.99. The van der Waals surface area contributed by atoms with Crippen molar-refractivity contribution in [1.29, 1.82) is 0 Å². The van der Waals surface area contributed by atoms with E-state index in [0.717, 1.165) is 6.42 Å². The van der Waals surface area contributed by atoms with Crippen LogP contribution in [0.4, 0.5) is 0 Å². The average Bonchev–Trinajstić information content (AvgIpc) is 1.89. The van der Waals surface area contributed by atoms with Gasteiger partial charge in [-0.25, -0.2) is 0 Å². The minimum Gasteiger partial charge on any atom is -0.103 e. The van der Waals surface area contributed by atoms with Gasteiger partial charge in [-0.05, 0) is 25.7 Å². The van der Waals surface area contributed by atoms with E-state index < -0.39 is 0 Å². The van der Waals surface area contributed by atoms with Gasteiger partial charge in [0.05, 0.1) is 0 Å². The van der Waals surface area contributed by atoms with E-state index in [0.29, 0.717) is 5.92 Å². The van der Waals surface area contributed by atoms with Crippen LogP contribution in [0.3, 0.4) is 0 Å². The van der Waals surface area contributed by atoms with Crippen LogP contribution in [-0.4, -0.2) is 4.43 Å². The first-order chi connectivity index (χ1) is 4.72. The van der Waals surface area contributed by atoms with Gasteiger partial charge in [-0.15, -0.1) is 6.58 Å². The van der Waals surface area contributed by atoms with Crippen molar-refractivity contribution in [3.63, 3.8) is 0 Å². The smallest absolute Gasteiger partial charge is 0.00609 e. The zero-order valence-corrected chi connectivity index (χ0v) is 8.73. The summed E-state index contributed by atoms with van der Waals surface area (Å²) in [6.45, 7) is 9.74. The van der Waals surface area contributed by atoms with E-state index in [9.17, 15) is 0 Å². The van der Waals surface area contributed by atoms with Crippen molar-refractivity contribution in [3.05, 3.63) is 24.8 Å². The Kier molecular flexibility index (Phi) is 6.08. The van der Waals surface area contributed by atoms with Crippen molar-refractivity contribution in [2.45, 2.75) is 19.8 Å². The van der Waals surface area contributed by atoms with Gasteiger partial charge < -0.3 is 0 Å². The minimum absolute atomic E-state index is 0.693. The van der Waals surface area contributed by atoms with Crippen LogP contribution in [0.2, 0.25) is 0 Å². The van der Waals surface area contributed by atoms with Crippen molar-refractivity contribution in [2.24, 2.45) is 5.92 Å². The Hall–Kier alpha value is 0.210. The van der Waals surface area contributed by atoms with Crippen molar-refractivity contribution < 1.29 is 0 Å². The lowest BCUT2D eigenvalue weighted by Gasteiger charge is -2.11. The summed E-state index contributed by atoms with van der Waals surface area (Å²) in [7, 11) is 0. The van der Waals surface area contributed by atoms with Crippen LogP contribution < -0.4 is 0 Å². The lowest BCUT2D eigenvalue weighted by Crippen LogP contribution is -2.01. The molecule has 0 N–H and O–H groups in total. The van der Waals surface area contributed by atoms with E-state index in [4.69, 9.17) is 0 Å². The van der Waals surface area contributed by atoms with Crippen molar-refractivity contribution in [1.82, 2.24) is 0 Å². The minimum atomic E-state index is 0.693. The molecule has 0 spiro atoms. The Balaban J connectivity index is 3.60. The van der Waals surface area contributed by atoms with Crippen LogP contribution >= 0.6 is 22.6 Å². The molecule has 0 radical (unpaired) electrons. The number of halogens is 1. The topological polar surface area (TPSA) is 0 Å². The molecule has 1 heteroatoms. The van der Waals surface area contributed by atoms with Gasteiger partial charge in [0.25, 0.3) is 0 Å². The number of allylic oxidation sites excluding steroid dienone is 2. The molecule has 0 aromatic rings. The van der Waals surface area contributed by atoms with Gasteiger partial charge in [0.15, 0.2) is 0 Å². The molecule has 0 aromatic heterocycles. The van der Waals surface area contributed by atoms with E-state index in [1.54, 1.807) is 0 Å². The number of alkyl halides is 1. The van der Waals surface area contributed by atoms with Crippen LogP contribution in [0, 0.1) is 5.92 Å². The molecule has 0 bridgehead atoms. The van der Waals surface area contributed by atoms with Gasteiger partial charge in [0, 0.05) is 4.43 Å². The first-order valence-corrected chi connectivity index (χ1v) is 5.07. The van der Waals surface area contributed by atoms with Gasteiger partial charge in [0.2, 0.25) is 0 Å². The summed E-state index contributed by atoms with van der Waals surface area (Å²) in [6.07, 6.45) is 4.30. The van der Waals surface area contributed by atoms with Crippen LogP contribution in [-0.2, 0) is 0 Å². The summed E-state index contributed by atoms with van der Waals surface area (Å²) in [5, 5.41) is 0. The Labute approximate surface area is 77.5 Å². The van der Waals surface area contributed by atoms with Crippen molar-refractivity contribution in [2.75, 3.05) is 4.43 Å². The monoisotopic (exact) mass is 250 g/mol. The summed E-state index contributed by atoms with van der Waals surface area (Å²) in [4.78, 5) is 0. The maximum absolute atomic E-state index is 3.94. The third kappa shape index (κ3) is 4.09. The summed E-state index contributed by atoms with van der Waals surface area (Å²) in [6, 6.07) is 0. The van der Waals surface area contributed by atoms with Crippen molar-refractivity contribution >= 4 is 22.6 Å². The molecular formula is C9H15I. The molecule has 0 aliphatic rings. The summed E-state index contributed by atoms with van der Waals surface area (Å²) in [5.74, 6) is 0.693. The highest BCUT2D eigenvalue weighted by Gasteiger charge is 2.04. The van der Waals surface area contributed by atoms with E-state index in [1.165, 1.54) is 16.4 Å². The van der Waals surface area contributed by atoms with Gasteiger partial charge in [-0.2, -0.15) is 0 Å². The molecule has 1 unspecified atom stereocenters. The average molecular weight is 250 g/mol. The second-order valence-electron chi connectivity index (χ2n) is 2.56. The Morgan fingerprint density at radius 3 is 2.60 bits per heavy atom. The highest BCUT2D eigenvalue weighted by Crippen LogP contribution is 2.17. The summed E-state index contributed by atoms with van der Waals surface area (Å²) < 4.78 is 1.18. The van der Waals surface area contributed by atoms with E-state index in [1.807, 2.05) is 6.08 Å². The normalized spacial score (nSPS) is 12.6. The van der Waals surface area contributed by atoms with Gasteiger partial charge in [-0.1, -0.05) is 40.8 Å². The van der Waals surface area contributed by atoms with Gasteiger partial charge >= 0.3 is 0 Å². The molecule has 0 heterocycles. The number of rotatable bonds is 5. The van der Waals surface area contributed by atoms with Gasteiger partial charge in [0.1, 0.15) is 0 Å². The molecule has 58 valence electrons. The molecule has 0 nitrogen and oxygen atoms in total. The molecule has 0 fully saturated rings. The van der Waals surface area contributed by atoms with Gasteiger partial charge in [-0.3, -0.25) is 0 Å². The number of hydrogen-bond donors (Lipinski definition) is 0. The molecule has 0 aliphatic carbocycles. The van der Waals surface area contributed by atoms with E-state index in [-0.39, 0.29) is 0 Å². The molecule has 0 saturated carbocycles. The Morgan fingerprint density at radius 2 is 2.30 bits per heavy atom. The number of hydrogen-bond acceptors (Lipinski definition) is 0. The highest BCUT2D eigenvalue weighted by atomic mass is 127. The molecule has 10 heavy (non-hydrogen) atoms. The molecule has 1 atom stereocenters. The first-order valence-electron chi connectivity index (χ1n) is 3.54. The first kappa shape index (κ1) is 10.2. The standard InChI is InChI=1S/C9H15I/c1-4-5-6-9(7-10)8(2)3/h4,9H,1-2,5-7H2,3H3. The summed E-state index contributed by atoms with van der Waals surface area (Å²) >= 11 is 2.41. The van der Waals surface area contributed by atoms with Crippen LogP contribution in [0.5, 0.6) is 0 Å². The molecule has 0 aliphatic heterocycles. The predicted molar refractivity (Wildman–Crippen MR) is 56.6 cm³/mol. The second-order valence-corrected chi connectivity index (χ2v) is 3.44. The third-order valence-electron chi connectivity index (χ3n) is 1.60. The molecule has 0 rings (SSSR count). The SMILES string of the molecule is C=CCCC(CI)C(=C)C.